The zero-order chi connectivity index (χ0) is 14.3. The maximum atomic E-state index is 5.83. The number of nitrogens with one attached hydrogen (secondary N) is 1. The van der Waals surface area contributed by atoms with E-state index >= 15 is 0 Å². The third kappa shape index (κ3) is 3.70. The van der Waals surface area contributed by atoms with E-state index in [-0.39, 0.29) is 6.04 Å². The normalized spacial score (nSPS) is 12.9. The minimum atomic E-state index is 0.0947. The second-order valence-electron chi connectivity index (χ2n) is 4.90. The Labute approximate surface area is 116 Å². The molecule has 0 aliphatic carbocycles. The quantitative estimate of drug-likeness (QED) is 0.534. The summed E-state index contributed by atoms with van der Waals surface area (Å²) in [6.45, 7) is 7.33. The molecule has 5 heteroatoms. The van der Waals surface area contributed by atoms with E-state index in [4.69, 9.17) is 10.6 Å². The van der Waals surface area contributed by atoms with E-state index < -0.39 is 0 Å². The van der Waals surface area contributed by atoms with E-state index in [0.717, 1.165) is 43.7 Å². The molecule has 5 nitrogen and oxygen atoms in total. The number of methoxy groups -OCH3 is 1. The Hall–Kier alpha value is -1.07. The lowest BCUT2D eigenvalue weighted by atomic mass is 9.88. The topological polar surface area (TPSA) is 65.1 Å². The molecule has 1 heterocycles. The van der Waals surface area contributed by atoms with Crippen LogP contribution in [0.1, 0.15) is 58.2 Å². The molecule has 19 heavy (non-hydrogen) atoms. The number of aryl methyl sites for hydroxylation is 1. The molecule has 110 valence electrons. The minimum absolute atomic E-state index is 0.0947. The van der Waals surface area contributed by atoms with Gasteiger partial charge < -0.3 is 4.74 Å². The molecule has 0 aromatic carbocycles. The van der Waals surface area contributed by atoms with Crippen LogP contribution in [0, 0.1) is 5.92 Å². The lowest BCUT2D eigenvalue weighted by Gasteiger charge is -2.27. The van der Waals surface area contributed by atoms with Crippen LogP contribution in [0.3, 0.4) is 0 Å². The van der Waals surface area contributed by atoms with E-state index in [1.807, 2.05) is 4.68 Å². The van der Waals surface area contributed by atoms with Crippen molar-refractivity contribution < 1.29 is 4.74 Å². The lowest BCUT2D eigenvalue weighted by Crippen LogP contribution is -2.35. The van der Waals surface area contributed by atoms with Crippen LogP contribution in [0.4, 0.5) is 0 Å². The van der Waals surface area contributed by atoms with Crippen LogP contribution in [-0.2, 0) is 6.54 Å². The molecule has 0 saturated carbocycles. The van der Waals surface area contributed by atoms with Crippen LogP contribution in [-0.4, -0.2) is 16.9 Å². The SMILES string of the molecule is CCCC(CCC)C(NN)c1c(OC)cnn1CC. The smallest absolute Gasteiger partial charge is 0.161 e. The van der Waals surface area contributed by atoms with Crippen molar-refractivity contribution in [1.82, 2.24) is 15.2 Å². The van der Waals surface area contributed by atoms with Gasteiger partial charge in [-0.05, 0) is 25.7 Å². The molecule has 0 bridgehead atoms. The third-order valence-electron chi connectivity index (χ3n) is 3.63. The Morgan fingerprint density at radius 2 is 1.95 bits per heavy atom. The lowest BCUT2D eigenvalue weighted by molar-refractivity contribution is 0.293. The van der Waals surface area contributed by atoms with E-state index in [1.54, 1.807) is 13.3 Å². The molecule has 0 amide bonds. The number of ether oxygens (including phenoxy) is 1. The Bertz CT molecular complexity index is 337. The van der Waals surface area contributed by atoms with Gasteiger partial charge in [0.05, 0.1) is 25.0 Å². The molecule has 1 aromatic rings. The molecule has 0 saturated heterocycles. The Morgan fingerprint density at radius 3 is 2.37 bits per heavy atom. The van der Waals surface area contributed by atoms with Crippen molar-refractivity contribution in [3.8, 4) is 5.75 Å². The fraction of sp³-hybridized carbons (Fsp3) is 0.786. The maximum absolute atomic E-state index is 5.83. The summed E-state index contributed by atoms with van der Waals surface area (Å²) in [5.74, 6) is 7.16. The van der Waals surface area contributed by atoms with Gasteiger partial charge in [-0.25, -0.2) is 0 Å². The summed E-state index contributed by atoms with van der Waals surface area (Å²) in [5, 5.41) is 4.37. The Morgan fingerprint density at radius 1 is 1.32 bits per heavy atom. The highest BCUT2D eigenvalue weighted by atomic mass is 16.5. The number of hydrogen-bond acceptors (Lipinski definition) is 4. The molecule has 1 aromatic heterocycles. The second-order valence-corrected chi connectivity index (χ2v) is 4.90. The van der Waals surface area contributed by atoms with E-state index in [1.165, 1.54) is 0 Å². The second kappa shape index (κ2) is 8.17. The predicted molar refractivity (Wildman–Crippen MR) is 77.8 cm³/mol. The Kier molecular flexibility index (Phi) is 6.87. The molecule has 0 radical (unpaired) electrons. The molecule has 1 rings (SSSR count). The number of hydrazine groups is 1. The molecule has 1 atom stereocenters. The molecule has 0 aliphatic heterocycles. The van der Waals surface area contributed by atoms with Crippen molar-refractivity contribution in [3.05, 3.63) is 11.9 Å². The van der Waals surface area contributed by atoms with Gasteiger partial charge in [-0.2, -0.15) is 5.10 Å². The minimum Gasteiger partial charge on any atom is -0.493 e. The molecular formula is C14H28N4O. The van der Waals surface area contributed by atoms with E-state index in [0.29, 0.717) is 5.92 Å². The van der Waals surface area contributed by atoms with Gasteiger partial charge in [0.15, 0.2) is 5.75 Å². The van der Waals surface area contributed by atoms with Crippen molar-refractivity contribution >= 4 is 0 Å². The first kappa shape index (κ1) is 16.0. The Balaban J connectivity index is 3.08. The van der Waals surface area contributed by atoms with Gasteiger partial charge in [-0.1, -0.05) is 26.7 Å². The van der Waals surface area contributed by atoms with Crippen molar-refractivity contribution in [2.24, 2.45) is 11.8 Å². The van der Waals surface area contributed by atoms with Gasteiger partial charge >= 0.3 is 0 Å². The molecular weight excluding hydrogens is 240 g/mol. The third-order valence-corrected chi connectivity index (χ3v) is 3.63. The summed E-state index contributed by atoms with van der Waals surface area (Å²) in [6.07, 6.45) is 6.40. The average Bonchev–Trinajstić information content (AvgIpc) is 2.83. The van der Waals surface area contributed by atoms with Gasteiger partial charge in [0.1, 0.15) is 0 Å². The highest BCUT2D eigenvalue weighted by Crippen LogP contribution is 2.34. The fourth-order valence-corrected chi connectivity index (χ4v) is 2.76. The van der Waals surface area contributed by atoms with Gasteiger partial charge in [0.25, 0.3) is 0 Å². The summed E-state index contributed by atoms with van der Waals surface area (Å²) in [5.41, 5.74) is 4.05. The zero-order valence-corrected chi connectivity index (χ0v) is 12.6. The van der Waals surface area contributed by atoms with Crippen molar-refractivity contribution in [2.45, 2.75) is 59.0 Å². The van der Waals surface area contributed by atoms with Gasteiger partial charge in [0.2, 0.25) is 0 Å². The first-order chi connectivity index (χ1) is 9.23. The van der Waals surface area contributed by atoms with Gasteiger partial charge in [-0.15, -0.1) is 0 Å². The predicted octanol–water partition coefficient (Wildman–Crippen LogP) is 2.63. The van der Waals surface area contributed by atoms with Gasteiger partial charge in [-0.3, -0.25) is 16.0 Å². The number of rotatable bonds is 9. The monoisotopic (exact) mass is 268 g/mol. The summed E-state index contributed by atoms with van der Waals surface area (Å²) >= 11 is 0. The van der Waals surface area contributed by atoms with Crippen molar-refractivity contribution in [2.75, 3.05) is 7.11 Å². The highest BCUT2D eigenvalue weighted by Gasteiger charge is 2.27. The largest absolute Gasteiger partial charge is 0.493 e. The van der Waals surface area contributed by atoms with E-state index in [9.17, 15) is 0 Å². The first-order valence-corrected chi connectivity index (χ1v) is 7.29. The van der Waals surface area contributed by atoms with Crippen LogP contribution in [0.15, 0.2) is 6.20 Å². The molecule has 0 spiro atoms. The van der Waals surface area contributed by atoms with Crippen LogP contribution >= 0.6 is 0 Å². The first-order valence-electron chi connectivity index (χ1n) is 7.29. The molecule has 0 fully saturated rings. The zero-order valence-electron chi connectivity index (χ0n) is 12.6. The maximum Gasteiger partial charge on any atom is 0.161 e. The summed E-state index contributed by atoms with van der Waals surface area (Å²) in [4.78, 5) is 0. The molecule has 1 unspecified atom stereocenters. The number of hydrogen-bond donors (Lipinski definition) is 2. The number of nitrogens with two attached hydrogens (primary N) is 1. The number of aromatic nitrogens is 2. The number of nitrogens with zero attached hydrogens (tertiary/aromatic N) is 2. The standard InChI is InChI=1S/C14H28N4O/c1-5-8-11(9-6-2)13(17-15)14-12(19-4)10-16-18(14)7-3/h10-11,13,17H,5-9,15H2,1-4H3. The average molecular weight is 268 g/mol. The summed E-state index contributed by atoms with van der Waals surface area (Å²) in [7, 11) is 1.68. The molecule has 3 N–H and O–H groups in total. The molecule has 0 aliphatic rings. The van der Waals surface area contributed by atoms with Crippen molar-refractivity contribution in [1.29, 1.82) is 0 Å². The van der Waals surface area contributed by atoms with E-state index in [2.05, 4.69) is 31.3 Å². The van der Waals surface area contributed by atoms with Crippen LogP contribution in [0.2, 0.25) is 0 Å². The fourth-order valence-electron chi connectivity index (χ4n) is 2.76. The summed E-state index contributed by atoms with van der Waals surface area (Å²) < 4.78 is 7.41. The van der Waals surface area contributed by atoms with Crippen LogP contribution in [0.5, 0.6) is 5.75 Å². The summed E-state index contributed by atoms with van der Waals surface area (Å²) in [6, 6.07) is 0.0947. The van der Waals surface area contributed by atoms with Crippen LogP contribution in [0.25, 0.3) is 0 Å². The van der Waals surface area contributed by atoms with Gasteiger partial charge in [0, 0.05) is 6.54 Å². The highest BCUT2D eigenvalue weighted by molar-refractivity contribution is 5.28. The van der Waals surface area contributed by atoms with Crippen LogP contribution < -0.4 is 16.0 Å². The van der Waals surface area contributed by atoms with Crippen molar-refractivity contribution in [3.63, 3.8) is 0 Å².